The number of nitrogens with zero attached hydrogens (tertiary/aromatic N) is 2. The van der Waals surface area contributed by atoms with E-state index in [1.54, 1.807) is 67.6 Å². The maximum atomic E-state index is 14.8. The Kier molecular flexibility index (Phi) is 6.46. The smallest absolute Gasteiger partial charge is 0.279 e. The van der Waals surface area contributed by atoms with Crippen molar-refractivity contribution in [3.63, 3.8) is 0 Å². The lowest BCUT2D eigenvalue weighted by atomic mass is 9.98. The fraction of sp³-hybridized carbons (Fsp3) is 0.208. The van der Waals surface area contributed by atoms with E-state index in [4.69, 9.17) is 0 Å². The summed E-state index contributed by atoms with van der Waals surface area (Å²) in [5.41, 5.74) is 2.04. The van der Waals surface area contributed by atoms with Gasteiger partial charge in [0.15, 0.2) is 0 Å². The van der Waals surface area contributed by atoms with Crippen molar-refractivity contribution < 1.29 is 21.2 Å². The van der Waals surface area contributed by atoms with Crippen LogP contribution in [-0.4, -0.2) is 32.7 Å². The Hall–Kier alpha value is -3.24. The standard InChI is InChI=1S/C24H24FN3O4S2/c1-3-33(29,30)27-19-11-8-10-18(15-19)22-16-23(20-12-5-6-13-21(20)25)28(26-22)34(31,32)24-14-7-4-9-17(24)2/h4-15,23,27H,3,16H2,1-2H3. The fourth-order valence-electron chi connectivity index (χ4n) is 3.82. The van der Waals surface area contributed by atoms with Gasteiger partial charge >= 0.3 is 0 Å². The zero-order valence-electron chi connectivity index (χ0n) is 18.6. The highest BCUT2D eigenvalue weighted by Gasteiger charge is 2.39. The first-order valence-corrected chi connectivity index (χ1v) is 13.7. The summed E-state index contributed by atoms with van der Waals surface area (Å²) < 4.78 is 69.4. The molecule has 0 bridgehead atoms. The first-order chi connectivity index (χ1) is 16.1. The monoisotopic (exact) mass is 501 g/mol. The van der Waals surface area contributed by atoms with Crippen LogP contribution in [0, 0.1) is 12.7 Å². The zero-order valence-corrected chi connectivity index (χ0v) is 20.3. The normalized spacial score (nSPS) is 16.4. The van der Waals surface area contributed by atoms with E-state index in [2.05, 4.69) is 9.82 Å². The maximum absolute atomic E-state index is 14.8. The van der Waals surface area contributed by atoms with Crippen molar-refractivity contribution in [2.24, 2.45) is 5.10 Å². The number of hydrazone groups is 1. The van der Waals surface area contributed by atoms with Crippen LogP contribution in [0.1, 0.15) is 36.1 Å². The largest absolute Gasteiger partial charge is 0.284 e. The number of benzene rings is 3. The molecule has 1 N–H and O–H groups in total. The number of nitrogens with one attached hydrogen (secondary N) is 1. The Labute approximate surface area is 199 Å². The quantitative estimate of drug-likeness (QED) is 0.518. The molecule has 7 nitrogen and oxygen atoms in total. The molecule has 0 aliphatic carbocycles. The lowest BCUT2D eigenvalue weighted by Crippen LogP contribution is -2.28. The maximum Gasteiger partial charge on any atom is 0.279 e. The van der Waals surface area contributed by atoms with E-state index < -0.39 is 31.9 Å². The second-order valence-electron chi connectivity index (χ2n) is 7.92. The van der Waals surface area contributed by atoms with E-state index in [0.29, 0.717) is 22.5 Å². The molecule has 178 valence electrons. The first-order valence-electron chi connectivity index (χ1n) is 10.7. The summed E-state index contributed by atoms with van der Waals surface area (Å²) in [5, 5.41) is 4.42. The Balaban J connectivity index is 1.80. The summed E-state index contributed by atoms with van der Waals surface area (Å²) in [4.78, 5) is 0.0887. The van der Waals surface area contributed by atoms with Gasteiger partial charge in [-0.05, 0) is 49.2 Å². The third-order valence-corrected chi connectivity index (χ3v) is 8.75. The molecule has 0 fully saturated rings. The van der Waals surface area contributed by atoms with E-state index in [9.17, 15) is 21.2 Å². The number of halogens is 1. The van der Waals surface area contributed by atoms with Crippen LogP contribution in [0.25, 0.3) is 0 Å². The van der Waals surface area contributed by atoms with Crippen molar-refractivity contribution in [1.82, 2.24) is 4.41 Å². The van der Waals surface area contributed by atoms with E-state index in [0.717, 1.165) is 4.41 Å². The van der Waals surface area contributed by atoms with Crippen molar-refractivity contribution >= 4 is 31.4 Å². The first kappa shape index (κ1) is 23.9. The summed E-state index contributed by atoms with van der Waals surface area (Å²) in [5.74, 6) is -0.617. The van der Waals surface area contributed by atoms with E-state index in [1.807, 2.05) is 0 Å². The minimum Gasteiger partial charge on any atom is -0.284 e. The van der Waals surface area contributed by atoms with Crippen molar-refractivity contribution in [2.75, 3.05) is 10.5 Å². The Morgan fingerprint density at radius 3 is 2.41 bits per heavy atom. The van der Waals surface area contributed by atoms with Crippen LogP contribution in [0.4, 0.5) is 10.1 Å². The van der Waals surface area contributed by atoms with Gasteiger partial charge in [0, 0.05) is 17.7 Å². The molecule has 3 aromatic carbocycles. The molecule has 4 rings (SSSR count). The lowest BCUT2D eigenvalue weighted by Gasteiger charge is -2.24. The molecule has 0 radical (unpaired) electrons. The minimum atomic E-state index is -4.10. The molecule has 1 unspecified atom stereocenters. The number of sulfonamides is 2. The topological polar surface area (TPSA) is 95.9 Å². The van der Waals surface area contributed by atoms with Crippen molar-refractivity contribution in [1.29, 1.82) is 0 Å². The third-order valence-electron chi connectivity index (χ3n) is 5.60. The zero-order chi connectivity index (χ0) is 24.5. The Morgan fingerprint density at radius 2 is 1.71 bits per heavy atom. The van der Waals surface area contributed by atoms with Crippen LogP contribution < -0.4 is 4.72 Å². The second kappa shape index (κ2) is 9.19. The van der Waals surface area contributed by atoms with E-state index in [1.165, 1.54) is 19.1 Å². The van der Waals surface area contributed by atoms with Gasteiger partial charge in [-0.2, -0.15) is 17.9 Å². The van der Waals surface area contributed by atoms with E-state index >= 15 is 0 Å². The predicted molar refractivity (Wildman–Crippen MR) is 130 cm³/mol. The number of rotatable bonds is 7. The van der Waals surface area contributed by atoms with Crippen LogP contribution in [0.2, 0.25) is 0 Å². The summed E-state index contributed by atoms with van der Waals surface area (Å²) in [6.45, 7) is 3.22. The molecule has 1 aliphatic heterocycles. The highest BCUT2D eigenvalue weighted by Crippen LogP contribution is 2.38. The van der Waals surface area contributed by atoms with E-state index in [-0.39, 0.29) is 22.6 Å². The van der Waals surface area contributed by atoms with Gasteiger partial charge in [0.05, 0.1) is 22.4 Å². The van der Waals surface area contributed by atoms with Crippen molar-refractivity contribution in [2.45, 2.75) is 31.2 Å². The molecule has 0 saturated heterocycles. The summed E-state index contributed by atoms with van der Waals surface area (Å²) >= 11 is 0. The van der Waals surface area contributed by atoms with Gasteiger partial charge in [-0.15, -0.1) is 0 Å². The molecule has 1 heterocycles. The molecule has 3 aromatic rings. The highest BCUT2D eigenvalue weighted by atomic mass is 32.2. The van der Waals surface area contributed by atoms with Crippen LogP contribution in [-0.2, 0) is 20.0 Å². The Bertz CT molecular complexity index is 1470. The number of hydrogen-bond acceptors (Lipinski definition) is 5. The number of hydrogen-bond donors (Lipinski definition) is 1. The third kappa shape index (κ3) is 4.69. The average Bonchev–Trinajstić information content (AvgIpc) is 3.26. The van der Waals surface area contributed by atoms with Gasteiger partial charge in [0.25, 0.3) is 10.0 Å². The highest BCUT2D eigenvalue weighted by molar-refractivity contribution is 7.92. The van der Waals surface area contributed by atoms with Gasteiger partial charge in [-0.25, -0.2) is 12.8 Å². The number of anilines is 1. The molecule has 0 amide bonds. The van der Waals surface area contributed by atoms with Gasteiger partial charge in [-0.1, -0.05) is 48.5 Å². The predicted octanol–water partition coefficient (Wildman–Crippen LogP) is 4.44. The summed E-state index contributed by atoms with van der Waals surface area (Å²) in [6, 6.07) is 18.2. The molecule has 10 heteroatoms. The van der Waals surface area contributed by atoms with Gasteiger partial charge in [0.1, 0.15) is 5.82 Å². The molecule has 1 aliphatic rings. The molecule has 0 spiro atoms. The van der Waals surface area contributed by atoms with Gasteiger partial charge in [0.2, 0.25) is 10.0 Å². The van der Waals surface area contributed by atoms with Crippen LogP contribution in [0.15, 0.2) is 82.8 Å². The Morgan fingerprint density at radius 1 is 1.00 bits per heavy atom. The summed E-state index contributed by atoms with van der Waals surface area (Å²) in [6.07, 6.45) is 0.121. The SMILES string of the molecule is CCS(=O)(=O)Nc1cccc(C2=NN(S(=O)(=O)c3ccccc3C)C(c3ccccc3F)C2)c1. The fourth-order valence-corrected chi connectivity index (χ4v) is 6.11. The minimum absolute atomic E-state index is 0.0873. The van der Waals surface area contributed by atoms with Gasteiger partial charge in [-0.3, -0.25) is 4.72 Å². The lowest BCUT2D eigenvalue weighted by molar-refractivity contribution is 0.362. The number of aryl methyl sites for hydroxylation is 1. The van der Waals surface area contributed by atoms with Crippen molar-refractivity contribution in [3.05, 3.63) is 95.3 Å². The molecular weight excluding hydrogens is 477 g/mol. The molecule has 1 atom stereocenters. The molecule has 0 aromatic heterocycles. The molecular formula is C24H24FN3O4S2. The average molecular weight is 502 g/mol. The van der Waals surface area contributed by atoms with Crippen molar-refractivity contribution in [3.8, 4) is 0 Å². The van der Waals surface area contributed by atoms with Gasteiger partial charge < -0.3 is 0 Å². The molecule has 0 saturated carbocycles. The molecule has 34 heavy (non-hydrogen) atoms. The van der Waals surface area contributed by atoms with Crippen LogP contribution >= 0.6 is 0 Å². The van der Waals surface area contributed by atoms with Crippen LogP contribution in [0.5, 0.6) is 0 Å². The van der Waals surface area contributed by atoms with Crippen LogP contribution in [0.3, 0.4) is 0 Å². The summed E-state index contributed by atoms with van der Waals surface area (Å²) in [7, 11) is -7.59. The second-order valence-corrected chi connectivity index (χ2v) is 11.7.